The summed E-state index contributed by atoms with van der Waals surface area (Å²) in [5.74, 6) is -0.591. The number of carbonyl (C=O) groups is 1. The van der Waals surface area contributed by atoms with Gasteiger partial charge in [0.15, 0.2) is 5.76 Å². The van der Waals surface area contributed by atoms with Crippen molar-refractivity contribution in [3.63, 3.8) is 0 Å². The SMILES string of the molecule is CCOC(=O)Cn1cc(-c2ccccc2)oc1=O. The van der Waals surface area contributed by atoms with Gasteiger partial charge in [-0.2, -0.15) is 0 Å². The average molecular weight is 247 g/mol. The molecule has 0 N–H and O–H groups in total. The molecule has 0 aliphatic heterocycles. The number of carbonyl (C=O) groups excluding carboxylic acids is 1. The van der Waals surface area contributed by atoms with Crippen LogP contribution >= 0.6 is 0 Å². The van der Waals surface area contributed by atoms with Crippen LogP contribution in [0, 0.1) is 0 Å². The van der Waals surface area contributed by atoms with Gasteiger partial charge in [-0.3, -0.25) is 9.36 Å². The number of ether oxygens (including phenoxy) is 1. The summed E-state index contributed by atoms with van der Waals surface area (Å²) < 4.78 is 11.0. The predicted octanol–water partition coefficient (Wildman–Crippen LogP) is 1.67. The largest absolute Gasteiger partial charge is 0.465 e. The van der Waals surface area contributed by atoms with Crippen molar-refractivity contribution in [1.29, 1.82) is 0 Å². The number of nitrogens with zero attached hydrogens (tertiary/aromatic N) is 1. The lowest BCUT2D eigenvalue weighted by Gasteiger charge is -1.99. The van der Waals surface area contributed by atoms with E-state index >= 15 is 0 Å². The van der Waals surface area contributed by atoms with Gasteiger partial charge in [-0.15, -0.1) is 0 Å². The molecule has 1 heterocycles. The van der Waals surface area contributed by atoms with Crippen LogP contribution in [0.3, 0.4) is 0 Å². The first kappa shape index (κ1) is 12.2. The van der Waals surface area contributed by atoms with E-state index in [0.717, 1.165) is 5.56 Å². The van der Waals surface area contributed by atoms with Crippen molar-refractivity contribution >= 4 is 5.97 Å². The van der Waals surface area contributed by atoms with E-state index in [1.165, 1.54) is 10.8 Å². The van der Waals surface area contributed by atoms with Gasteiger partial charge in [0.05, 0.1) is 12.8 Å². The summed E-state index contributed by atoms with van der Waals surface area (Å²) in [6.07, 6.45) is 1.51. The fraction of sp³-hybridized carbons (Fsp3) is 0.231. The fourth-order valence-corrected chi connectivity index (χ4v) is 1.57. The number of rotatable bonds is 4. The Morgan fingerprint density at radius 2 is 2.06 bits per heavy atom. The maximum Gasteiger partial charge on any atom is 0.420 e. The zero-order valence-corrected chi connectivity index (χ0v) is 9.96. The third-order valence-electron chi connectivity index (χ3n) is 2.37. The van der Waals surface area contributed by atoms with E-state index in [1.807, 2.05) is 30.3 Å². The summed E-state index contributed by atoms with van der Waals surface area (Å²) in [7, 11) is 0. The lowest BCUT2D eigenvalue weighted by molar-refractivity contribution is -0.143. The molecule has 0 saturated heterocycles. The Hall–Kier alpha value is -2.30. The van der Waals surface area contributed by atoms with Gasteiger partial charge in [0.1, 0.15) is 6.54 Å². The molecule has 1 aromatic carbocycles. The van der Waals surface area contributed by atoms with Crippen LogP contribution in [0.25, 0.3) is 11.3 Å². The Bertz CT molecular complexity index is 583. The van der Waals surface area contributed by atoms with Gasteiger partial charge in [0.25, 0.3) is 0 Å². The highest BCUT2D eigenvalue weighted by atomic mass is 16.5. The summed E-state index contributed by atoms with van der Waals surface area (Å²) in [4.78, 5) is 22.8. The number of aromatic nitrogens is 1. The smallest absolute Gasteiger partial charge is 0.420 e. The van der Waals surface area contributed by atoms with Crippen LogP contribution in [0.15, 0.2) is 45.7 Å². The number of oxazole rings is 1. The van der Waals surface area contributed by atoms with E-state index in [1.54, 1.807) is 6.92 Å². The average Bonchev–Trinajstić information content (AvgIpc) is 2.72. The van der Waals surface area contributed by atoms with Gasteiger partial charge in [-0.25, -0.2) is 4.79 Å². The van der Waals surface area contributed by atoms with E-state index in [0.29, 0.717) is 5.76 Å². The summed E-state index contributed by atoms with van der Waals surface area (Å²) >= 11 is 0. The highest BCUT2D eigenvalue weighted by Gasteiger charge is 2.11. The minimum atomic E-state index is -0.568. The van der Waals surface area contributed by atoms with E-state index in [9.17, 15) is 9.59 Å². The molecule has 5 heteroatoms. The summed E-state index contributed by atoms with van der Waals surface area (Å²) in [6, 6.07) is 9.22. The molecule has 0 fully saturated rings. The van der Waals surface area contributed by atoms with Crippen LogP contribution in [0.5, 0.6) is 0 Å². The van der Waals surface area contributed by atoms with Crippen molar-refractivity contribution in [1.82, 2.24) is 4.57 Å². The maximum absolute atomic E-state index is 11.5. The molecule has 2 aromatic rings. The summed E-state index contributed by atoms with van der Waals surface area (Å²) in [5, 5.41) is 0. The maximum atomic E-state index is 11.5. The van der Waals surface area contributed by atoms with Crippen molar-refractivity contribution in [2.45, 2.75) is 13.5 Å². The van der Waals surface area contributed by atoms with Gasteiger partial charge in [-0.05, 0) is 6.92 Å². The molecule has 94 valence electrons. The van der Waals surface area contributed by atoms with Gasteiger partial charge >= 0.3 is 11.7 Å². The van der Waals surface area contributed by atoms with Gasteiger partial charge in [0.2, 0.25) is 0 Å². The third kappa shape index (κ3) is 2.68. The first-order chi connectivity index (χ1) is 8.70. The van der Waals surface area contributed by atoms with Crippen LogP contribution in [0.4, 0.5) is 0 Å². The van der Waals surface area contributed by atoms with E-state index in [2.05, 4.69) is 0 Å². The van der Waals surface area contributed by atoms with Crippen molar-refractivity contribution < 1.29 is 13.9 Å². The monoisotopic (exact) mass is 247 g/mol. The lowest BCUT2D eigenvalue weighted by atomic mass is 10.2. The molecule has 2 rings (SSSR count). The van der Waals surface area contributed by atoms with Gasteiger partial charge in [0, 0.05) is 5.56 Å². The normalized spacial score (nSPS) is 10.3. The predicted molar refractivity (Wildman–Crippen MR) is 65.0 cm³/mol. The van der Waals surface area contributed by atoms with Crippen molar-refractivity contribution in [2.24, 2.45) is 0 Å². The number of esters is 1. The Labute approximate surface area is 104 Å². The third-order valence-corrected chi connectivity index (χ3v) is 2.37. The number of benzene rings is 1. The molecule has 0 aliphatic rings. The fourth-order valence-electron chi connectivity index (χ4n) is 1.57. The molecule has 1 aromatic heterocycles. The second kappa shape index (κ2) is 5.35. The second-order valence-corrected chi connectivity index (χ2v) is 3.66. The van der Waals surface area contributed by atoms with Crippen LogP contribution in [0.2, 0.25) is 0 Å². The molecule has 5 nitrogen and oxygen atoms in total. The van der Waals surface area contributed by atoms with Gasteiger partial charge < -0.3 is 9.15 Å². The highest BCUT2D eigenvalue weighted by molar-refractivity contribution is 5.69. The quantitative estimate of drug-likeness (QED) is 0.771. The van der Waals surface area contributed by atoms with Gasteiger partial charge in [-0.1, -0.05) is 30.3 Å². The Balaban J connectivity index is 2.23. The Morgan fingerprint density at radius 3 is 2.72 bits per heavy atom. The number of hydrogen-bond acceptors (Lipinski definition) is 4. The molecule has 0 unspecified atom stereocenters. The Morgan fingerprint density at radius 1 is 1.33 bits per heavy atom. The van der Waals surface area contributed by atoms with Crippen molar-refractivity contribution in [2.75, 3.05) is 6.61 Å². The lowest BCUT2D eigenvalue weighted by Crippen LogP contribution is -2.20. The zero-order chi connectivity index (χ0) is 13.0. The highest BCUT2D eigenvalue weighted by Crippen LogP contribution is 2.16. The zero-order valence-electron chi connectivity index (χ0n) is 9.96. The molecule has 0 atom stereocenters. The van der Waals surface area contributed by atoms with Crippen LogP contribution in [-0.2, 0) is 16.1 Å². The number of hydrogen-bond donors (Lipinski definition) is 0. The summed E-state index contributed by atoms with van der Waals surface area (Å²) in [5.41, 5.74) is 0.789. The van der Waals surface area contributed by atoms with Crippen LogP contribution in [-0.4, -0.2) is 17.1 Å². The van der Waals surface area contributed by atoms with E-state index < -0.39 is 11.7 Å². The molecule has 0 bridgehead atoms. The summed E-state index contributed by atoms with van der Waals surface area (Å²) in [6.45, 7) is 1.87. The molecular weight excluding hydrogens is 234 g/mol. The molecular formula is C13H13NO4. The van der Waals surface area contributed by atoms with Crippen LogP contribution < -0.4 is 5.76 Å². The Kier molecular flexibility index (Phi) is 3.62. The minimum absolute atomic E-state index is 0.136. The van der Waals surface area contributed by atoms with E-state index in [4.69, 9.17) is 9.15 Å². The molecule has 0 amide bonds. The second-order valence-electron chi connectivity index (χ2n) is 3.66. The van der Waals surface area contributed by atoms with Crippen molar-refractivity contribution in [3.8, 4) is 11.3 Å². The van der Waals surface area contributed by atoms with Crippen molar-refractivity contribution in [3.05, 3.63) is 47.1 Å². The molecule has 0 spiro atoms. The first-order valence-corrected chi connectivity index (χ1v) is 5.62. The first-order valence-electron chi connectivity index (χ1n) is 5.62. The molecule has 0 aliphatic carbocycles. The van der Waals surface area contributed by atoms with Crippen LogP contribution in [0.1, 0.15) is 6.92 Å². The van der Waals surface area contributed by atoms with E-state index in [-0.39, 0.29) is 13.2 Å². The standard InChI is InChI=1S/C13H13NO4/c1-2-17-12(15)9-14-8-11(18-13(14)16)10-6-4-3-5-7-10/h3-8H,2,9H2,1H3. The molecule has 0 saturated carbocycles. The molecule has 18 heavy (non-hydrogen) atoms. The molecule has 0 radical (unpaired) electrons. The minimum Gasteiger partial charge on any atom is -0.465 e. The topological polar surface area (TPSA) is 61.4 Å².